The number of aliphatic hydroxyl groups excluding tert-OH is 1. The van der Waals surface area contributed by atoms with Crippen molar-refractivity contribution in [2.75, 3.05) is 13.2 Å². The highest BCUT2D eigenvalue weighted by molar-refractivity contribution is 5.92. The van der Waals surface area contributed by atoms with E-state index in [4.69, 9.17) is 0 Å². The number of carbonyl (C=O) groups is 1. The lowest BCUT2D eigenvalue weighted by atomic mass is 10.0. The number of rotatable bonds is 2. The number of imidazole rings is 1. The van der Waals surface area contributed by atoms with Gasteiger partial charge in [0.05, 0.1) is 25.2 Å². The van der Waals surface area contributed by atoms with Gasteiger partial charge in [-0.15, -0.1) is 0 Å². The van der Waals surface area contributed by atoms with Crippen molar-refractivity contribution in [1.82, 2.24) is 14.5 Å². The number of aromatic nitrogens is 2. The zero-order chi connectivity index (χ0) is 11.7. The molecule has 0 aliphatic carbocycles. The Balaban J connectivity index is 2.20. The van der Waals surface area contributed by atoms with E-state index < -0.39 is 0 Å². The smallest absolute Gasteiger partial charge is 0.272 e. The van der Waals surface area contributed by atoms with Crippen molar-refractivity contribution in [3.63, 3.8) is 0 Å². The molecule has 2 atom stereocenters. The molecular weight excluding hydrogens is 206 g/mol. The van der Waals surface area contributed by atoms with Crippen molar-refractivity contribution in [1.29, 1.82) is 0 Å². The Kier molecular flexibility index (Phi) is 2.96. The molecule has 5 heteroatoms. The number of likely N-dealkylation sites (tertiary alicyclic amines) is 1. The van der Waals surface area contributed by atoms with Gasteiger partial charge in [0.15, 0.2) is 0 Å². The molecule has 0 saturated carbocycles. The van der Waals surface area contributed by atoms with Crippen molar-refractivity contribution in [2.45, 2.75) is 19.4 Å². The largest absolute Gasteiger partial charge is 0.394 e. The fourth-order valence-corrected chi connectivity index (χ4v) is 2.25. The van der Waals surface area contributed by atoms with Crippen LogP contribution in [0.1, 0.15) is 23.8 Å². The lowest BCUT2D eigenvalue weighted by Gasteiger charge is -2.25. The van der Waals surface area contributed by atoms with Gasteiger partial charge in [-0.1, -0.05) is 6.92 Å². The molecule has 1 aromatic heterocycles. The molecule has 0 radical (unpaired) electrons. The van der Waals surface area contributed by atoms with Gasteiger partial charge < -0.3 is 14.6 Å². The van der Waals surface area contributed by atoms with Crippen molar-refractivity contribution in [3.8, 4) is 0 Å². The van der Waals surface area contributed by atoms with Crippen LogP contribution >= 0.6 is 0 Å². The first-order valence-electron chi connectivity index (χ1n) is 5.53. The number of aliphatic hydroxyl groups is 1. The third kappa shape index (κ3) is 1.71. The predicted octanol–water partition coefficient (Wildman–Crippen LogP) is 0.263. The summed E-state index contributed by atoms with van der Waals surface area (Å²) >= 11 is 0. The topological polar surface area (TPSA) is 58.4 Å². The molecular formula is C11H17N3O2. The molecule has 16 heavy (non-hydrogen) atoms. The molecule has 1 aliphatic rings. The van der Waals surface area contributed by atoms with Crippen LogP contribution in [0, 0.1) is 5.92 Å². The Labute approximate surface area is 94.7 Å². The maximum Gasteiger partial charge on any atom is 0.272 e. The van der Waals surface area contributed by atoms with E-state index in [1.54, 1.807) is 29.0 Å². The zero-order valence-corrected chi connectivity index (χ0v) is 9.63. The van der Waals surface area contributed by atoms with E-state index in [2.05, 4.69) is 11.9 Å². The first kappa shape index (κ1) is 11.1. The summed E-state index contributed by atoms with van der Waals surface area (Å²) in [5.41, 5.74) is 0.576. The van der Waals surface area contributed by atoms with Crippen LogP contribution in [0.3, 0.4) is 0 Å². The van der Waals surface area contributed by atoms with Gasteiger partial charge in [-0.25, -0.2) is 4.98 Å². The average Bonchev–Trinajstić information content (AvgIpc) is 2.83. The number of hydrogen-bond acceptors (Lipinski definition) is 3. The summed E-state index contributed by atoms with van der Waals surface area (Å²) in [5, 5.41) is 9.31. The maximum atomic E-state index is 12.2. The Bertz CT molecular complexity index is 388. The molecule has 1 saturated heterocycles. The van der Waals surface area contributed by atoms with Crippen LogP contribution in [0.15, 0.2) is 12.5 Å². The molecule has 2 rings (SSSR count). The lowest BCUT2D eigenvalue weighted by molar-refractivity contribution is 0.0638. The van der Waals surface area contributed by atoms with Crippen LogP contribution in [0.4, 0.5) is 0 Å². The second-order valence-electron chi connectivity index (χ2n) is 4.40. The zero-order valence-electron chi connectivity index (χ0n) is 9.63. The van der Waals surface area contributed by atoms with Gasteiger partial charge in [-0.3, -0.25) is 4.79 Å². The summed E-state index contributed by atoms with van der Waals surface area (Å²) in [6.45, 7) is 2.82. The van der Waals surface area contributed by atoms with Crippen LogP contribution in [-0.4, -0.2) is 44.7 Å². The van der Waals surface area contributed by atoms with E-state index in [1.165, 1.54) is 0 Å². The third-order valence-corrected chi connectivity index (χ3v) is 3.37. The Morgan fingerprint density at radius 1 is 1.69 bits per heavy atom. The summed E-state index contributed by atoms with van der Waals surface area (Å²) in [5.74, 6) is 0.325. The minimum atomic E-state index is -0.0533. The van der Waals surface area contributed by atoms with Crippen LogP contribution in [0.5, 0.6) is 0 Å². The van der Waals surface area contributed by atoms with E-state index in [0.29, 0.717) is 11.6 Å². The minimum Gasteiger partial charge on any atom is -0.394 e. The van der Waals surface area contributed by atoms with Gasteiger partial charge >= 0.3 is 0 Å². The molecule has 1 amide bonds. The Hall–Kier alpha value is -1.36. The van der Waals surface area contributed by atoms with Gasteiger partial charge in [0.25, 0.3) is 5.91 Å². The summed E-state index contributed by atoms with van der Waals surface area (Å²) in [7, 11) is 1.80. The highest BCUT2D eigenvalue weighted by atomic mass is 16.3. The number of carbonyl (C=O) groups excluding carboxylic acids is 1. The highest BCUT2D eigenvalue weighted by Gasteiger charge is 2.34. The lowest BCUT2D eigenvalue weighted by Crippen LogP contribution is -2.40. The molecule has 1 fully saturated rings. The number of hydrogen-bond donors (Lipinski definition) is 1. The van der Waals surface area contributed by atoms with E-state index in [9.17, 15) is 9.90 Å². The molecule has 2 unspecified atom stereocenters. The average molecular weight is 223 g/mol. The molecule has 88 valence electrons. The Morgan fingerprint density at radius 2 is 2.44 bits per heavy atom. The summed E-state index contributed by atoms with van der Waals surface area (Å²) in [4.78, 5) is 17.9. The first-order valence-corrected chi connectivity index (χ1v) is 5.53. The van der Waals surface area contributed by atoms with Crippen molar-refractivity contribution >= 4 is 5.91 Å². The normalized spacial score (nSPS) is 25.1. The van der Waals surface area contributed by atoms with Crippen LogP contribution < -0.4 is 0 Å². The van der Waals surface area contributed by atoms with Gasteiger partial charge in [0.1, 0.15) is 5.69 Å². The summed E-state index contributed by atoms with van der Waals surface area (Å²) in [6, 6.07) is -0.0533. The SMILES string of the molecule is CC1CCN(C(=O)c2cncn2C)C1CO. The van der Waals surface area contributed by atoms with E-state index in [0.717, 1.165) is 13.0 Å². The predicted molar refractivity (Wildman–Crippen MR) is 58.9 cm³/mol. The standard InChI is InChI=1S/C11H17N3O2/c1-8-3-4-14(10(8)6-15)11(16)9-5-12-7-13(9)2/h5,7-8,10,15H,3-4,6H2,1-2H3. The van der Waals surface area contributed by atoms with Crippen molar-refractivity contribution < 1.29 is 9.90 Å². The molecule has 0 bridgehead atoms. The van der Waals surface area contributed by atoms with Gasteiger partial charge in [-0.2, -0.15) is 0 Å². The number of nitrogens with zero attached hydrogens (tertiary/aromatic N) is 3. The summed E-state index contributed by atoms with van der Waals surface area (Å²) < 4.78 is 1.71. The molecule has 1 N–H and O–H groups in total. The molecule has 5 nitrogen and oxygen atoms in total. The van der Waals surface area contributed by atoms with E-state index in [1.807, 2.05) is 0 Å². The van der Waals surface area contributed by atoms with Crippen LogP contribution in [-0.2, 0) is 7.05 Å². The monoisotopic (exact) mass is 223 g/mol. The second kappa shape index (κ2) is 4.25. The fourth-order valence-electron chi connectivity index (χ4n) is 2.25. The molecule has 0 aromatic carbocycles. The van der Waals surface area contributed by atoms with Crippen molar-refractivity contribution in [3.05, 3.63) is 18.2 Å². The minimum absolute atomic E-state index is 0.0325. The van der Waals surface area contributed by atoms with Crippen LogP contribution in [0.2, 0.25) is 0 Å². The maximum absolute atomic E-state index is 12.2. The molecule has 0 spiro atoms. The Morgan fingerprint density at radius 3 is 3.00 bits per heavy atom. The van der Waals surface area contributed by atoms with E-state index in [-0.39, 0.29) is 18.6 Å². The van der Waals surface area contributed by atoms with Gasteiger partial charge in [0.2, 0.25) is 0 Å². The first-order chi connectivity index (χ1) is 7.65. The van der Waals surface area contributed by atoms with Gasteiger partial charge in [-0.05, 0) is 12.3 Å². The van der Waals surface area contributed by atoms with Gasteiger partial charge in [0, 0.05) is 13.6 Å². The molecule has 2 heterocycles. The quantitative estimate of drug-likeness (QED) is 0.782. The van der Waals surface area contributed by atoms with Crippen LogP contribution in [0.25, 0.3) is 0 Å². The van der Waals surface area contributed by atoms with Crippen molar-refractivity contribution in [2.24, 2.45) is 13.0 Å². The molecule has 1 aliphatic heterocycles. The number of aryl methyl sites for hydroxylation is 1. The third-order valence-electron chi connectivity index (χ3n) is 3.37. The fraction of sp³-hybridized carbons (Fsp3) is 0.636. The number of amides is 1. The highest BCUT2D eigenvalue weighted by Crippen LogP contribution is 2.25. The molecule has 1 aromatic rings. The van der Waals surface area contributed by atoms with E-state index >= 15 is 0 Å². The summed E-state index contributed by atoms with van der Waals surface area (Å²) in [6.07, 6.45) is 4.13. The second-order valence-corrected chi connectivity index (χ2v) is 4.40.